The van der Waals surface area contributed by atoms with Crippen LogP contribution in [0.25, 0.3) is 0 Å². The highest BCUT2D eigenvalue weighted by Gasteiger charge is 2.17. The van der Waals surface area contributed by atoms with Crippen molar-refractivity contribution in [2.45, 2.75) is 19.9 Å². The molecule has 0 bridgehead atoms. The SMILES string of the molecule is Cc1ccc(NC(C)c2ccc(F)cc2Br)c([N+](=O)[O-])c1. The fraction of sp³-hybridized carbons (Fsp3) is 0.200. The van der Waals surface area contributed by atoms with Gasteiger partial charge in [0.25, 0.3) is 5.69 Å². The van der Waals surface area contributed by atoms with E-state index in [0.29, 0.717) is 10.2 Å². The van der Waals surface area contributed by atoms with Crippen molar-refractivity contribution in [2.24, 2.45) is 0 Å². The van der Waals surface area contributed by atoms with Crippen LogP contribution >= 0.6 is 15.9 Å². The Bertz CT molecular complexity index is 691. The second kappa shape index (κ2) is 6.22. The van der Waals surface area contributed by atoms with E-state index in [9.17, 15) is 14.5 Å². The predicted molar refractivity (Wildman–Crippen MR) is 84.0 cm³/mol. The summed E-state index contributed by atoms with van der Waals surface area (Å²) in [6, 6.07) is 9.19. The number of nitrogens with one attached hydrogen (secondary N) is 1. The molecule has 0 fully saturated rings. The normalized spacial score (nSPS) is 12.0. The van der Waals surface area contributed by atoms with Crippen LogP contribution in [0, 0.1) is 22.9 Å². The topological polar surface area (TPSA) is 55.2 Å². The zero-order valence-corrected chi connectivity index (χ0v) is 13.1. The minimum atomic E-state index is -0.415. The first kappa shape index (κ1) is 15.4. The molecule has 0 heterocycles. The van der Waals surface area contributed by atoms with Crippen LogP contribution in [-0.2, 0) is 0 Å². The van der Waals surface area contributed by atoms with Crippen LogP contribution in [0.1, 0.15) is 24.1 Å². The zero-order valence-electron chi connectivity index (χ0n) is 11.6. The molecule has 0 saturated carbocycles. The van der Waals surface area contributed by atoms with Crippen LogP contribution in [0.4, 0.5) is 15.8 Å². The first-order valence-corrected chi connectivity index (χ1v) is 7.14. The highest BCUT2D eigenvalue weighted by atomic mass is 79.9. The summed E-state index contributed by atoms with van der Waals surface area (Å²) >= 11 is 3.31. The molecule has 0 spiro atoms. The monoisotopic (exact) mass is 352 g/mol. The molecule has 0 amide bonds. The highest BCUT2D eigenvalue weighted by molar-refractivity contribution is 9.10. The van der Waals surface area contributed by atoms with Crippen LogP contribution in [0.15, 0.2) is 40.9 Å². The van der Waals surface area contributed by atoms with Crippen molar-refractivity contribution in [3.05, 3.63) is 67.9 Å². The van der Waals surface area contributed by atoms with Crippen molar-refractivity contribution in [1.82, 2.24) is 0 Å². The average molecular weight is 353 g/mol. The second-order valence-electron chi connectivity index (χ2n) is 4.81. The summed E-state index contributed by atoms with van der Waals surface area (Å²) in [6.45, 7) is 3.67. The number of anilines is 1. The largest absolute Gasteiger partial charge is 0.373 e. The molecule has 21 heavy (non-hydrogen) atoms. The van der Waals surface area contributed by atoms with Crippen LogP contribution < -0.4 is 5.32 Å². The van der Waals surface area contributed by atoms with Crippen molar-refractivity contribution in [3.63, 3.8) is 0 Å². The predicted octanol–water partition coefficient (Wildman–Crippen LogP) is 4.98. The molecule has 2 aromatic carbocycles. The molecule has 0 aliphatic carbocycles. The molecule has 1 unspecified atom stereocenters. The van der Waals surface area contributed by atoms with Gasteiger partial charge in [0, 0.05) is 16.6 Å². The molecule has 2 rings (SSSR count). The average Bonchev–Trinajstić information content (AvgIpc) is 2.40. The van der Waals surface area contributed by atoms with Gasteiger partial charge in [0.1, 0.15) is 11.5 Å². The van der Waals surface area contributed by atoms with Gasteiger partial charge in [-0.1, -0.05) is 28.1 Å². The summed E-state index contributed by atoms with van der Waals surface area (Å²) in [6.07, 6.45) is 0. The molecule has 0 aromatic heterocycles. The van der Waals surface area contributed by atoms with E-state index in [0.717, 1.165) is 11.1 Å². The molecule has 1 atom stereocenters. The summed E-state index contributed by atoms with van der Waals surface area (Å²) < 4.78 is 13.7. The fourth-order valence-electron chi connectivity index (χ4n) is 2.08. The van der Waals surface area contributed by atoms with Gasteiger partial charge >= 0.3 is 0 Å². The number of nitro groups is 1. The van der Waals surface area contributed by atoms with Crippen LogP contribution in [0.3, 0.4) is 0 Å². The number of hydrogen-bond donors (Lipinski definition) is 1. The lowest BCUT2D eigenvalue weighted by Crippen LogP contribution is -2.09. The first-order chi connectivity index (χ1) is 9.88. The Hall–Kier alpha value is -1.95. The number of rotatable bonds is 4. The van der Waals surface area contributed by atoms with Gasteiger partial charge in [-0.25, -0.2) is 4.39 Å². The van der Waals surface area contributed by atoms with Gasteiger partial charge in [0.05, 0.1) is 4.92 Å². The molecule has 4 nitrogen and oxygen atoms in total. The van der Waals surface area contributed by atoms with Crippen molar-refractivity contribution >= 4 is 27.3 Å². The molecule has 0 aliphatic heterocycles. The molecule has 0 aliphatic rings. The maximum absolute atomic E-state index is 13.1. The Balaban J connectivity index is 2.31. The van der Waals surface area contributed by atoms with Crippen molar-refractivity contribution < 1.29 is 9.31 Å². The number of aryl methyl sites for hydroxylation is 1. The maximum atomic E-state index is 13.1. The van der Waals surface area contributed by atoms with Gasteiger partial charge in [-0.15, -0.1) is 0 Å². The molecule has 6 heteroatoms. The zero-order chi connectivity index (χ0) is 15.6. The molecular formula is C15H14BrFN2O2. The number of nitro benzene ring substituents is 1. The van der Waals surface area contributed by atoms with Crippen molar-refractivity contribution in [2.75, 3.05) is 5.32 Å². The third-order valence-corrected chi connectivity index (χ3v) is 3.84. The molecule has 1 N–H and O–H groups in total. The maximum Gasteiger partial charge on any atom is 0.292 e. The number of halogens is 2. The summed E-state index contributed by atoms with van der Waals surface area (Å²) in [5.41, 5.74) is 2.11. The number of benzene rings is 2. The number of nitrogens with zero attached hydrogens (tertiary/aromatic N) is 1. The number of hydrogen-bond acceptors (Lipinski definition) is 3. The van der Waals surface area contributed by atoms with Crippen LogP contribution in [-0.4, -0.2) is 4.92 Å². The Morgan fingerprint density at radius 1 is 1.29 bits per heavy atom. The molecule has 2 aromatic rings. The third-order valence-electron chi connectivity index (χ3n) is 3.15. The van der Waals surface area contributed by atoms with Gasteiger partial charge in [0.15, 0.2) is 0 Å². The molecule has 0 radical (unpaired) electrons. The summed E-state index contributed by atoms with van der Waals surface area (Å²) in [5.74, 6) is -0.334. The Morgan fingerprint density at radius 2 is 2.00 bits per heavy atom. The van der Waals surface area contributed by atoms with E-state index in [4.69, 9.17) is 0 Å². The lowest BCUT2D eigenvalue weighted by atomic mass is 10.1. The van der Waals surface area contributed by atoms with Crippen LogP contribution in [0.5, 0.6) is 0 Å². The van der Waals surface area contributed by atoms with Crippen molar-refractivity contribution in [1.29, 1.82) is 0 Å². The van der Waals surface area contributed by atoms with E-state index in [1.165, 1.54) is 18.2 Å². The molecule has 110 valence electrons. The van der Waals surface area contributed by atoms with E-state index in [2.05, 4.69) is 21.2 Å². The highest BCUT2D eigenvalue weighted by Crippen LogP contribution is 2.31. The molecular weight excluding hydrogens is 339 g/mol. The standard InChI is InChI=1S/C15H14BrFN2O2/c1-9-3-6-14(15(7-9)19(20)21)18-10(2)12-5-4-11(17)8-13(12)16/h3-8,10,18H,1-2H3. The lowest BCUT2D eigenvalue weighted by Gasteiger charge is -2.17. The van der Waals surface area contributed by atoms with Gasteiger partial charge < -0.3 is 5.32 Å². The van der Waals surface area contributed by atoms with Gasteiger partial charge in [-0.3, -0.25) is 10.1 Å². The summed E-state index contributed by atoms with van der Waals surface area (Å²) in [7, 11) is 0. The van der Waals surface area contributed by atoms with E-state index < -0.39 is 4.92 Å². The minimum Gasteiger partial charge on any atom is -0.373 e. The van der Waals surface area contributed by atoms with Crippen molar-refractivity contribution in [3.8, 4) is 0 Å². The third kappa shape index (κ3) is 3.58. The summed E-state index contributed by atoms with van der Waals surface area (Å²) in [5, 5.41) is 14.2. The van der Waals surface area contributed by atoms with E-state index in [1.807, 2.05) is 13.0 Å². The Morgan fingerprint density at radius 3 is 2.62 bits per heavy atom. The minimum absolute atomic E-state index is 0.0279. The Kier molecular flexibility index (Phi) is 4.57. The van der Waals surface area contributed by atoms with Gasteiger partial charge in [0.2, 0.25) is 0 Å². The second-order valence-corrected chi connectivity index (χ2v) is 5.66. The van der Waals surface area contributed by atoms with E-state index >= 15 is 0 Å². The van der Waals surface area contributed by atoms with Gasteiger partial charge in [-0.2, -0.15) is 0 Å². The molecule has 0 saturated heterocycles. The smallest absolute Gasteiger partial charge is 0.292 e. The summed E-state index contributed by atoms with van der Waals surface area (Å²) in [4.78, 5) is 10.7. The van der Waals surface area contributed by atoms with Crippen LogP contribution in [0.2, 0.25) is 0 Å². The lowest BCUT2D eigenvalue weighted by molar-refractivity contribution is -0.384. The van der Waals surface area contributed by atoms with Gasteiger partial charge in [-0.05, 0) is 43.2 Å². The van der Waals surface area contributed by atoms with E-state index in [-0.39, 0.29) is 17.5 Å². The fourth-order valence-corrected chi connectivity index (χ4v) is 2.77. The Labute approximate surface area is 130 Å². The van der Waals surface area contributed by atoms with E-state index in [1.54, 1.807) is 19.1 Å². The quantitative estimate of drug-likeness (QED) is 0.623. The first-order valence-electron chi connectivity index (χ1n) is 6.35.